The summed E-state index contributed by atoms with van der Waals surface area (Å²) >= 11 is 3.55. The van der Waals surface area contributed by atoms with Crippen molar-refractivity contribution in [1.29, 1.82) is 0 Å². The number of nitrogens with one attached hydrogen (secondary N) is 1. The van der Waals surface area contributed by atoms with Gasteiger partial charge in [-0.2, -0.15) is 0 Å². The molecule has 0 amide bonds. The summed E-state index contributed by atoms with van der Waals surface area (Å²) in [6.45, 7) is 5.32. The Labute approximate surface area is 123 Å². The molecular formula is C16H20BrNO. The van der Waals surface area contributed by atoms with Gasteiger partial charge in [-0.05, 0) is 35.7 Å². The van der Waals surface area contributed by atoms with E-state index in [1.165, 1.54) is 11.1 Å². The molecule has 2 aromatic rings. The summed E-state index contributed by atoms with van der Waals surface area (Å²) in [5.74, 6) is 0.456. The largest absolute Gasteiger partial charge is 0.472 e. The van der Waals surface area contributed by atoms with Crippen LogP contribution in [0.15, 0.2) is 51.7 Å². The van der Waals surface area contributed by atoms with E-state index in [-0.39, 0.29) is 0 Å². The molecule has 1 unspecified atom stereocenters. The van der Waals surface area contributed by atoms with E-state index >= 15 is 0 Å². The number of halogens is 1. The zero-order valence-corrected chi connectivity index (χ0v) is 13.0. The highest BCUT2D eigenvalue weighted by molar-refractivity contribution is 9.10. The molecule has 1 aromatic carbocycles. The third kappa shape index (κ3) is 4.51. The van der Waals surface area contributed by atoms with Crippen molar-refractivity contribution in [3.8, 4) is 0 Å². The fraction of sp³-hybridized carbons (Fsp3) is 0.375. The lowest BCUT2D eigenvalue weighted by Gasteiger charge is -2.19. The maximum Gasteiger partial charge on any atom is 0.0934 e. The number of hydrogen-bond acceptors (Lipinski definition) is 2. The minimum atomic E-state index is 0.456. The summed E-state index contributed by atoms with van der Waals surface area (Å²) < 4.78 is 6.30. The van der Waals surface area contributed by atoms with Gasteiger partial charge < -0.3 is 9.73 Å². The molecule has 1 heterocycles. The Kier molecular flexibility index (Phi) is 5.23. The Morgan fingerprint density at radius 3 is 2.74 bits per heavy atom. The lowest BCUT2D eigenvalue weighted by atomic mass is 9.93. The van der Waals surface area contributed by atoms with Crippen LogP contribution < -0.4 is 5.32 Å². The Balaban J connectivity index is 2.13. The van der Waals surface area contributed by atoms with Gasteiger partial charge in [0.15, 0.2) is 0 Å². The number of benzene rings is 1. The van der Waals surface area contributed by atoms with Gasteiger partial charge in [-0.15, -0.1) is 0 Å². The zero-order chi connectivity index (χ0) is 13.7. The van der Waals surface area contributed by atoms with Gasteiger partial charge in [0, 0.05) is 23.0 Å². The molecule has 19 heavy (non-hydrogen) atoms. The highest BCUT2D eigenvalue weighted by atomic mass is 79.9. The van der Waals surface area contributed by atoms with Crippen LogP contribution in [0.4, 0.5) is 0 Å². The number of furan rings is 1. The molecule has 0 bridgehead atoms. The maximum absolute atomic E-state index is 5.17. The van der Waals surface area contributed by atoms with Crippen molar-refractivity contribution in [1.82, 2.24) is 5.32 Å². The predicted octanol–water partition coefficient (Wildman–Crippen LogP) is 4.37. The van der Waals surface area contributed by atoms with Crippen LogP contribution in [0.25, 0.3) is 0 Å². The molecule has 3 heteroatoms. The van der Waals surface area contributed by atoms with E-state index in [9.17, 15) is 0 Å². The van der Waals surface area contributed by atoms with Crippen molar-refractivity contribution in [3.05, 3.63) is 58.5 Å². The lowest BCUT2D eigenvalue weighted by Crippen LogP contribution is -2.28. The minimum absolute atomic E-state index is 0.456. The zero-order valence-electron chi connectivity index (χ0n) is 11.4. The van der Waals surface area contributed by atoms with Crippen molar-refractivity contribution >= 4 is 15.9 Å². The standard InChI is InChI=1S/C16H20BrNO/c1-12(2)18-10-15(8-13-6-7-19-11-13)14-4-3-5-16(17)9-14/h3-7,9,11-12,15,18H,8,10H2,1-2H3. The Bertz CT molecular complexity index is 493. The smallest absolute Gasteiger partial charge is 0.0934 e. The maximum atomic E-state index is 5.17. The summed E-state index contributed by atoms with van der Waals surface area (Å²) in [6, 6.07) is 11.1. The first kappa shape index (κ1) is 14.4. The highest BCUT2D eigenvalue weighted by Gasteiger charge is 2.14. The topological polar surface area (TPSA) is 25.2 Å². The summed E-state index contributed by atoms with van der Waals surface area (Å²) in [5, 5.41) is 3.53. The first-order valence-corrected chi connectivity index (χ1v) is 7.44. The van der Waals surface area contributed by atoms with Gasteiger partial charge in [-0.25, -0.2) is 0 Å². The first-order chi connectivity index (χ1) is 9.15. The van der Waals surface area contributed by atoms with Crippen LogP contribution in [-0.2, 0) is 6.42 Å². The summed E-state index contributed by atoms with van der Waals surface area (Å²) in [5.41, 5.74) is 2.60. The van der Waals surface area contributed by atoms with E-state index in [2.05, 4.69) is 59.4 Å². The number of rotatable bonds is 6. The van der Waals surface area contributed by atoms with E-state index in [1.54, 1.807) is 6.26 Å². The molecule has 0 spiro atoms. The second kappa shape index (κ2) is 6.92. The van der Waals surface area contributed by atoms with E-state index in [4.69, 9.17) is 4.42 Å². The second-order valence-corrected chi connectivity index (χ2v) is 6.07. The van der Waals surface area contributed by atoms with Crippen molar-refractivity contribution in [3.63, 3.8) is 0 Å². The van der Waals surface area contributed by atoms with Crippen LogP contribution in [0.1, 0.15) is 30.9 Å². The summed E-state index contributed by atoms with van der Waals surface area (Å²) in [4.78, 5) is 0. The van der Waals surface area contributed by atoms with Crippen molar-refractivity contribution in [2.75, 3.05) is 6.54 Å². The fourth-order valence-corrected chi connectivity index (χ4v) is 2.56. The molecule has 2 nitrogen and oxygen atoms in total. The number of hydrogen-bond donors (Lipinski definition) is 1. The molecule has 1 atom stereocenters. The third-order valence-corrected chi connectivity index (χ3v) is 3.65. The van der Waals surface area contributed by atoms with Crippen LogP contribution in [-0.4, -0.2) is 12.6 Å². The Morgan fingerprint density at radius 1 is 1.26 bits per heavy atom. The van der Waals surface area contributed by atoms with E-state index < -0.39 is 0 Å². The average Bonchev–Trinajstić information content (AvgIpc) is 2.87. The van der Waals surface area contributed by atoms with Gasteiger partial charge >= 0.3 is 0 Å². The predicted molar refractivity (Wildman–Crippen MR) is 82.4 cm³/mol. The minimum Gasteiger partial charge on any atom is -0.472 e. The van der Waals surface area contributed by atoms with Gasteiger partial charge in [0.1, 0.15) is 0 Å². The Morgan fingerprint density at radius 2 is 2.11 bits per heavy atom. The summed E-state index contributed by atoms with van der Waals surface area (Å²) in [7, 11) is 0. The molecule has 0 fully saturated rings. The molecule has 0 saturated carbocycles. The van der Waals surface area contributed by atoms with Crippen LogP contribution in [0.3, 0.4) is 0 Å². The third-order valence-electron chi connectivity index (χ3n) is 3.15. The van der Waals surface area contributed by atoms with E-state index in [1.807, 2.05) is 12.3 Å². The summed E-state index contributed by atoms with van der Waals surface area (Å²) in [6.07, 6.45) is 4.57. The SMILES string of the molecule is CC(C)NCC(Cc1ccoc1)c1cccc(Br)c1. The highest BCUT2D eigenvalue weighted by Crippen LogP contribution is 2.23. The molecule has 1 N–H and O–H groups in total. The van der Waals surface area contributed by atoms with Crippen molar-refractivity contribution in [2.24, 2.45) is 0 Å². The molecule has 0 aliphatic heterocycles. The van der Waals surface area contributed by atoms with Gasteiger partial charge in [0.05, 0.1) is 12.5 Å². The second-order valence-electron chi connectivity index (χ2n) is 5.15. The van der Waals surface area contributed by atoms with Crippen LogP contribution in [0, 0.1) is 0 Å². The van der Waals surface area contributed by atoms with Gasteiger partial charge in [0.25, 0.3) is 0 Å². The van der Waals surface area contributed by atoms with Gasteiger partial charge in [-0.3, -0.25) is 0 Å². The van der Waals surface area contributed by atoms with Gasteiger partial charge in [0.2, 0.25) is 0 Å². The molecule has 0 radical (unpaired) electrons. The Hall–Kier alpha value is -1.06. The van der Waals surface area contributed by atoms with Crippen LogP contribution in [0.2, 0.25) is 0 Å². The first-order valence-electron chi connectivity index (χ1n) is 6.65. The molecule has 0 aliphatic carbocycles. The monoisotopic (exact) mass is 321 g/mol. The normalized spacial score (nSPS) is 12.8. The van der Waals surface area contributed by atoms with Gasteiger partial charge in [-0.1, -0.05) is 41.9 Å². The average molecular weight is 322 g/mol. The fourth-order valence-electron chi connectivity index (χ4n) is 2.14. The van der Waals surface area contributed by atoms with E-state index in [0.29, 0.717) is 12.0 Å². The van der Waals surface area contributed by atoms with Crippen molar-refractivity contribution < 1.29 is 4.42 Å². The lowest BCUT2D eigenvalue weighted by molar-refractivity contribution is 0.521. The van der Waals surface area contributed by atoms with Crippen LogP contribution >= 0.6 is 15.9 Å². The molecule has 1 aromatic heterocycles. The van der Waals surface area contributed by atoms with Crippen LogP contribution in [0.5, 0.6) is 0 Å². The van der Waals surface area contributed by atoms with Crippen molar-refractivity contribution in [2.45, 2.75) is 32.2 Å². The molecule has 2 rings (SSSR count). The van der Waals surface area contributed by atoms with E-state index in [0.717, 1.165) is 17.4 Å². The quantitative estimate of drug-likeness (QED) is 0.854. The molecule has 102 valence electrons. The molecular weight excluding hydrogens is 302 g/mol. The molecule has 0 saturated heterocycles. The molecule has 0 aliphatic rings.